The lowest BCUT2D eigenvalue weighted by Gasteiger charge is -2.03. The second-order valence-electron chi connectivity index (χ2n) is 2.96. The Labute approximate surface area is 67.2 Å². The van der Waals surface area contributed by atoms with Crippen LogP contribution in [0.1, 0.15) is 32.4 Å². The zero-order chi connectivity index (χ0) is 8.43. The van der Waals surface area contributed by atoms with Crippen molar-refractivity contribution in [2.24, 2.45) is 0 Å². The predicted molar refractivity (Wildman–Crippen MR) is 46.4 cm³/mol. The van der Waals surface area contributed by atoms with E-state index in [-0.39, 0.29) is 0 Å². The molecule has 0 spiro atoms. The van der Waals surface area contributed by atoms with Crippen molar-refractivity contribution in [3.63, 3.8) is 0 Å². The van der Waals surface area contributed by atoms with Crippen LogP contribution in [-0.2, 0) is 6.54 Å². The van der Waals surface area contributed by atoms with Gasteiger partial charge in [-0.15, -0.1) is 0 Å². The summed E-state index contributed by atoms with van der Waals surface area (Å²) in [6.07, 6.45) is 1.80. The average molecular weight is 153 g/mol. The molecule has 1 rings (SSSR count). The second-order valence-corrected chi connectivity index (χ2v) is 2.96. The average Bonchev–Trinajstić information content (AvgIpc) is 2.30. The Kier molecular flexibility index (Phi) is 2.17. The van der Waals surface area contributed by atoms with E-state index in [4.69, 9.17) is 5.73 Å². The zero-order valence-corrected chi connectivity index (χ0v) is 7.33. The molecule has 1 heterocycles. The molecular formula is C8H15N3. The van der Waals surface area contributed by atoms with Gasteiger partial charge in [-0.1, -0.05) is 13.8 Å². The van der Waals surface area contributed by atoms with Crippen molar-refractivity contribution in [1.29, 1.82) is 0 Å². The number of aryl methyl sites for hydroxylation is 1. The standard InChI is InChI=1S/C8H15N3/c1-4-11-5-10-7(6(2)3)8(11)9/h5-6H,4,9H2,1-3H3. The van der Waals surface area contributed by atoms with Crippen LogP contribution in [0.2, 0.25) is 0 Å². The van der Waals surface area contributed by atoms with Crippen molar-refractivity contribution >= 4 is 5.82 Å². The van der Waals surface area contributed by atoms with Gasteiger partial charge in [0.05, 0.1) is 12.0 Å². The van der Waals surface area contributed by atoms with Gasteiger partial charge >= 0.3 is 0 Å². The van der Waals surface area contributed by atoms with Gasteiger partial charge in [-0.2, -0.15) is 0 Å². The largest absolute Gasteiger partial charge is 0.384 e. The maximum atomic E-state index is 5.82. The van der Waals surface area contributed by atoms with E-state index in [1.165, 1.54) is 0 Å². The molecule has 3 nitrogen and oxygen atoms in total. The van der Waals surface area contributed by atoms with Crippen LogP contribution in [0.4, 0.5) is 5.82 Å². The molecule has 1 aromatic rings. The monoisotopic (exact) mass is 153 g/mol. The molecule has 2 N–H and O–H groups in total. The number of nitrogens with two attached hydrogens (primary N) is 1. The molecule has 0 saturated carbocycles. The summed E-state index contributed by atoms with van der Waals surface area (Å²) in [6, 6.07) is 0. The Balaban J connectivity index is 3.00. The number of nitrogen functional groups attached to an aromatic ring is 1. The smallest absolute Gasteiger partial charge is 0.126 e. The molecule has 0 bridgehead atoms. The molecule has 0 saturated heterocycles. The third-order valence-electron chi connectivity index (χ3n) is 1.80. The molecule has 1 aromatic heterocycles. The van der Waals surface area contributed by atoms with Crippen molar-refractivity contribution in [2.75, 3.05) is 5.73 Å². The minimum atomic E-state index is 0.419. The Morgan fingerprint density at radius 3 is 2.55 bits per heavy atom. The van der Waals surface area contributed by atoms with Gasteiger partial charge in [-0.25, -0.2) is 4.98 Å². The fourth-order valence-electron chi connectivity index (χ4n) is 1.10. The zero-order valence-electron chi connectivity index (χ0n) is 7.33. The lowest BCUT2D eigenvalue weighted by atomic mass is 10.1. The summed E-state index contributed by atoms with van der Waals surface area (Å²) in [5.74, 6) is 1.23. The number of anilines is 1. The van der Waals surface area contributed by atoms with Crippen molar-refractivity contribution in [1.82, 2.24) is 9.55 Å². The molecule has 0 aliphatic carbocycles. The van der Waals surface area contributed by atoms with Crippen LogP contribution in [0.25, 0.3) is 0 Å². The molecule has 0 aliphatic heterocycles. The topological polar surface area (TPSA) is 43.8 Å². The van der Waals surface area contributed by atoms with E-state index in [1.54, 1.807) is 6.33 Å². The van der Waals surface area contributed by atoms with Crippen molar-refractivity contribution < 1.29 is 0 Å². The summed E-state index contributed by atoms with van der Waals surface area (Å²) in [5.41, 5.74) is 6.82. The molecule has 0 radical (unpaired) electrons. The third kappa shape index (κ3) is 1.37. The fourth-order valence-corrected chi connectivity index (χ4v) is 1.10. The minimum Gasteiger partial charge on any atom is -0.384 e. The summed E-state index contributed by atoms with van der Waals surface area (Å²) < 4.78 is 1.95. The lowest BCUT2D eigenvalue weighted by Crippen LogP contribution is -2.01. The van der Waals surface area contributed by atoms with Gasteiger partial charge in [0, 0.05) is 6.54 Å². The van der Waals surface area contributed by atoms with E-state index < -0.39 is 0 Å². The normalized spacial score (nSPS) is 10.9. The summed E-state index contributed by atoms with van der Waals surface area (Å²) in [5, 5.41) is 0. The second kappa shape index (κ2) is 2.95. The quantitative estimate of drug-likeness (QED) is 0.701. The Hall–Kier alpha value is -0.990. The van der Waals surface area contributed by atoms with Crippen molar-refractivity contribution in [3.05, 3.63) is 12.0 Å². The van der Waals surface area contributed by atoms with Crippen LogP contribution < -0.4 is 5.73 Å². The van der Waals surface area contributed by atoms with E-state index in [0.29, 0.717) is 5.92 Å². The van der Waals surface area contributed by atoms with Crippen LogP contribution >= 0.6 is 0 Å². The van der Waals surface area contributed by atoms with E-state index in [9.17, 15) is 0 Å². The first-order valence-electron chi connectivity index (χ1n) is 3.97. The van der Waals surface area contributed by atoms with Gasteiger partial charge in [0.15, 0.2) is 0 Å². The van der Waals surface area contributed by atoms with Crippen molar-refractivity contribution in [2.45, 2.75) is 33.2 Å². The van der Waals surface area contributed by atoms with Gasteiger partial charge in [-0.3, -0.25) is 0 Å². The summed E-state index contributed by atoms with van der Waals surface area (Å²) in [7, 11) is 0. The first-order valence-corrected chi connectivity index (χ1v) is 3.97. The van der Waals surface area contributed by atoms with Crippen LogP contribution in [0, 0.1) is 0 Å². The molecule has 3 heteroatoms. The first-order chi connectivity index (χ1) is 5.16. The van der Waals surface area contributed by atoms with E-state index >= 15 is 0 Å². The lowest BCUT2D eigenvalue weighted by molar-refractivity contribution is 0.769. The minimum absolute atomic E-state index is 0.419. The molecule has 0 atom stereocenters. The van der Waals surface area contributed by atoms with Crippen LogP contribution in [0.5, 0.6) is 0 Å². The van der Waals surface area contributed by atoms with E-state index in [0.717, 1.165) is 18.1 Å². The molecular weight excluding hydrogens is 138 g/mol. The highest BCUT2D eigenvalue weighted by molar-refractivity contribution is 5.37. The Morgan fingerprint density at radius 2 is 2.27 bits per heavy atom. The number of imidazole rings is 1. The SMILES string of the molecule is CCn1cnc(C(C)C)c1N. The molecule has 0 aliphatic rings. The maximum Gasteiger partial charge on any atom is 0.126 e. The fraction of sp³-hybridized carbons (Fsp3) is 0.625. The van der Waals surface area contributed by atoms with Crippen LogP contribution in [0.3, 0.4) is 0 Å². The first kappa shape index (κ1) is 8.11. The van der Waals surface area contributed by atoms with Gasteiger partial charge in [0.25, 0.3) is 0 Å². The maximum absolute atomic E-state index is 5.82. The van der Waals surface area contributed by atoms with Gasteiger partial charge in [-0.05, 0) is 12.8 Å². The highest BCUT2D eigenvalue weighted by atomic mass is 15.1. The van der Waals surface area contributed by atoms with Gasteiger partial charge in [0.2, 0.25) is 0 Å². The van der Waals surface area contributed by atoms with E-state index in [2.05, 4.69) is 25.8 Å². The molecule has 62 valence electrons. The molecule has 0 fully saturated rings. The third-order valence-corrected chi connectivity index (χ3v) is 1.80. The number of rotatable bonds is 2. The summed E-state index contributed by atoms with van der Waals surface area (Å²) >= 11 is 0. The van der Waals surface area contributed by atoms with Crippen LogP contribution in [0.15, 0.2) is 6.33 Å². The van der Waals surface area contributed by atoms with E-state index in [1.807, 2.05) is 4.57 Å². The molecule has 0 aromatic carbocycles. The summed E-state index contributed by atoms with van der Waals surface area (Å²) in [6.45, 7) is 7.14. The molecule has 0 amide bonds. The van der Waals surface area contributed by atoms with Gasteiger partial charge in [0.1, 0.15) is 5.82 Å². The van der Waals surface area contributed by atoms with Crippen molar-refractivity contribution in [3.8, 4) is 0 Å². The Morgan fingerprint density at radius 1 is 1.64 bits per heavy atom. The number of hydrogen-bond acceptors (Lipinski definition) is 2. The highest BCUT2D eigenvalue weighted by Crippen LogP contribution is 2.18. The molecule has 0 unspecified atom stereocenters. The van der Waals surface area contributed by atoms with Crippen LogP contribution in [-0.4, -0.2) is 9.55 Å². The predicted octanol–water partition coefficient (Wildman–Crippen LogP) is 1.61. The molecule has 11 heavy (non-hydrogen) atoms. The Bertz CT molecular complexity index is 237. The number of aromatic nitrogens is 2. The summed E-state index contributed by atoms with van der Waals surface area (Å²) in [4.78, 5) is 4.22. The highest BCUT2D eigenvalue weighted by Gasteiger charge is 2.08. The number of hydrogen-bond donors (Lipinski definition) is 1. The van der Waals surface area contributed by atoms with Gasteiger partial charge < -0.3 is 10.3 Å². The number of nitrogens with zero attached hydrogens (tertiary/aromatic N) is 2.